The van der Waals surface area contributed by atoms with Crippen LogP contribution in [0.15, 0.2) is 36.5 Å². The van der Waals surface area contributed by atoms with E-state index in [-0.39, 0.29) is 42.0 Å². The summed E-state index contributed by atoms with van der Waals surface area (Å²) in [6.45, 7) is 8.45. The molecular formula is C26H30FN6O3+. The third kappa shape index (κ3) is 3.38. The lowest BCUT2D eigenvalue weighted by molar-refractivity contribution is -0.733. The third-order valence-electron chi connectivity index (χ3n) is 7.14. The van der Waals surface area contributed by atoms with Crippen molar-refractivity contribution in [1.82, 2.24) is 24.3 Å². The highest BCUT2D eigenvalue weighted by Crippen LogP contribution is 2.36. The van der Waals surface area contributed by atoms with Gasteiger partial charge in [-0.2, -0.15) is 4.57 Å². The molecule has 0 aliphatic carbocycles. The molecule has 1 fully saturated rings. The Balaban J connectivity index is 1.72. The maximum absolute atomic E-state index is 13.9. The summed E-state index contributed by atoms with van der Waals surface area (Å²) in [5, 5.41) is 4.75. The summed E-state index contributed by atoms with van der Waals surface area (Å²) in [5.41, 5.74) is 1.55. The quantitative estimate of drug-likeness (QED) is 0.521. The van der Waals surface area contributed by atoms with Crippen molar-refractivity contribution < 1.29 is 23.3 Å². The molecule has 0 bridgehead atoms. The van der Waals surface area contributed by atoms with Gasteiger partial charge in [0.2, 0.25) is 11.6 Å². The second kappa shape index (κ2) is 7.84. The molecule has 0 spiro atoms. The van der Waals surface area contributed by atoms with Crippen LogP contribution in [0, 0.1) is 5.82 Å². The predicted octanol–water partition coefficient (Wildman–Crippen LogP) is 1.78. The van der Waals surface area contributed by atoms with Gasteiger partial charge in [-0.1, -0.05) is 30.4 Å². The van der Waals surface area contributed by atoms with E-state index in [0.717, 1.165) is 11.1 Å². The number of imidazole rings is 1. The lowest BCUT2D eigenvalue weighted by Crippen LogP contribution is -2.72. The van der Waals surface area contributed by atoms with Crippen LogP contribution < -0.4 is 4.57 Å². The van der Waals surface area contributed by atoms with Crippen molar-refractivity contribution in [3.63, 3.8) is 0 Å². The highest BCUT2D eigenvalue weighted by molar-refractivity contribution is 5.99. The first kappa shape index (κ1) is 23.9. The largest absolute Gasteiger partial charge is 0.347 e. The number of nitrogens with zero attached hydrogens (tertiary/aromatic N) is 6. The number of fused-ring (bicyclic) bond motifs is 5. The predicted molar refractivity (Wildman–Crippen MR) is 129 cm³/mol. The molecule has 2 aliphatic rings. The van der Waals surface area contributed by atoms with Crippen LogP contribution in [-0.4, -0.2) is 75.8 Å². The molecule has 1 unspecified atom stereocenters. The van der Waals surface area contributed by atoms with E-state index in [2.05, 4.69) is 20.8 Å². The number of rotatable bonds is 3. The van der Waals surface area contributed by atoms with Crippen LogP contribution in [0.2, 0.25) is 0 Å². The number of amides is 3. The minimum atomic E-state index is -1.33. The van der Waals surface area contributed by atoms with E-state index >= 15 is 0 Å². The number of carbonyl (C=O) groups is 3. The molecule has 2 aromatic heterocycles. The number of hydrogen-bond acceptors (Lipinski definition) is 4. The van der Waals surface area contributed by atoms with Crippen LogP contribution in [0.1, 0.15) is 43.7 Å². The molecule has 0 radical (unpaired) electrons. The Morgan fingerprint density at radius 3 is 2.44 bits per heavy atom. The number of benzene rings is 1. The van der Waals surface area contributed by atoms with Gasteiger partial charge >= 0.3 is 11.6 Å². The van der Waals surface area contributed by atoms with Gasteiger partial charge in [0.1, 0.15) is 11.5 Å². The lowest BCUT2D eigenvalue weighted by Gasteiger charge is -2.41. The molecule has 1 atom stereocenters. The highest BCUT2D eigenvalue weighted by atomic mass is 19.1. The number of hydrogen-bond donors (Lipinski definition) is 0. The van der Waals surface area contributed by atoms with Crippen molar-refractivity contribution in [2.45, 2.75) is 38.8 Å². The number of piperazine rings is 1. The fraction of sp³-hybridized carbons (Fsp3) is 0.423. The first-order valence-corrected chi connectivity index (χ1v) is 11.9. The van der Waals surface area contributed by atoms with Crippen molar-refractivity contribution in [2.24, 2.45) is 0 Å². The van der Waals surface area contributed by atoms with Gasteiger partial charge in [-0.3, -0.25) is 19.3 Å². The highest BCUT2D eigenvalue weighted by Gasteiger charge is 2.62. The normalized spacial score (nSPS) is 19.6. The molecule has 1 saturated heterocycles. The van der Waals surface area contributed by atoms with Crippen molar-refractivity contribution in [1.29, 1.82) is 0 Å². The van der Waals surface area contributed by atoms with E-state index in [0.29, 0.717) is 23.6 Å². The Kier molecular flexibility index (Phi) is 5.21. The maximum Gasteiger partial charge on any atom is 0.314 e. The fourth-order valence-corrected chi connectivity index (χ4v) is 5.09. The summed E-state index contributed by atoms with van der Waals surface area (Å²) in [6.07, 6.45) is 1.66. The standard InChI is InChI=1S/C26H30FN6O3/c1-25(2,3)18-13-19(16-7-9-17(27)10-8-16)28-32-14-20-23(35)31-12-11-30(15-21(34)29(5)6)24(36)26(31,4)33(20)22(18)32/h7-10,13-14H,11-12,15H2,1-6H3/q+1. The lowest BCUT2D eigenvalue weighted by atomic mass is 9.87. The zero-order chi connectivity index (χ0) is 26.2. The van der Waals surface area contributed by atoms with Gasteiger partial charge in [-0.15, -0.1) is 0 Å². The van der Waals surface area contributed by atoms with Crippen molar-refractivity contribution >= 4 is 23.4 Å². The van der Waals surface area contributed by atoms with Gasteiger partial charge in [0.15, 0.2) is 6.20 Å². The van der Waals surface area contributed by atoms with Crippen LogP contribution in [0.25, 0.3) is 16.9 Å². The summed E-state index contributed by atoms with van der Waals surface area (Å²) in [7, 11) is 3.30. The van der Waals surface area contributed by atoms with Crippen LogP contribution in [0.5, 0.6) is 0 Å². The van der Waals surface area contributed by atoms with Crippen molar-refractivity contribution in [2.75, 3.05) is 33.7 Å². The molecule has 9 nitrogen and oxygen atoms in total. The van der Waals surface area contributed by atoms with Crippen LogP contribution in [0.3, 0.4) is 0 Å². The Hall–Kier alpha value is -3.82. The number of aromatic nitrogens is 3. The molecular weight excluding hydrogens is 463 g/mol. The number of carbonyl (C=O) groups excluding carboxylic acids is 3. The number of likely N-dealkylation sites (N-methyl/N-ethyl adjacent to an activating group) is 1. The summed E-state index contributed by atoms with van der Waals surface area (Å²) in [5.74, 6) is -1.08. The Morgan fingerprint density at radius 2 is 1.83 bits per heavy atom. The zero-order valence-electron chi connectivity index (χ0n) is 21.4. The Morgan fingerprint density at radius 1 is 1.17 bits per heavy atom. The second-order valence-corrected chi connectivity index (χ2v) is 10.8. The third-order valence-corrected chi connectivity index (χ3v) is 7.14. The van der Waals surface area contributed by atoms with E-state index in [4.69, 9.17) is 5.10 Å². The van der Waals surface area contributed by atoms with E-state index in [1.165, 1.54) is 21.9 Å². The minimum absolute atomic E-state index is 0.0514. The van der Waals surface area contributed by atoms with Gasteiger partial charge in [-0.25, -0.2) is 4.39 Å². The Labute approximate surface area is 208 Å². The van der Waals surface area contributed by atoms with Gasteiger partial charge in [0, 0.05) is 39.7 Å². The molecule has 10 heteroatoms. The molecule has 4 heterocycles. The maximum atomic E-state index is 13.9. The van der Waals surface area contributed by atoms with Gasteiger partial charge in [0.25, 0.3) is 11.6 Å². The molecule has 0 saturated carbocycles. The van der Waals surface area contributed by atoms with Crippen molar-refractivity contribution in [3.8, 4) is 11.3 Å². The summed E-state index contributed by atoms with van der Waals surface area (Å²) < 4.78 is 17.0. The molecule has 3 aromatic rings. The Bertz CT molecular complexity index is 1420. The fourth-order valence-electron chi connectivity index (χ4n) is 5.09. The first-order valence-electron chi connectivity index (χ1n) is 11.9. The topological polar surface area (TPSA) is 82.1 Å². The van der Waals surface area contributed by atoms with Crippen LogP contribution >= 0.6 is 0 Å². The van der Waals surface area contributed by atoms with Crippen molar-refractivity contribution in [3.05, 3.63) is 53.6 Å². The monoisotopic (exact) mass is 493 g/mol. The molecule has 188 valence electrons. The summed E-state index contributed by atoms with van der Waals surface area (Å²) in [4.78, 5) is 44.4. The smallest absolute Gasteiger partial charge is 0.314 e. The average Bonchev–Trinajstić information content (AvgIpc) is 3.29. The molecule has 2 aliphatic heterocycles. The molecule has 0 N–H and O–H groups in total. The number of halogens is 1. The molecule has 36 heavy (non-hydrogen) atoms. The average molecular weight is 494 g/mol. The SMILES string of the molecule is CN(C)C(=O)CN1CCN2C(=O)c3cn4nc(-c5ccc(F)cc5)cc(C(C)(C)C)c4[n+]3C2(C)C1=O. The second-order valence-electron chi connectivity index (χ2n) is 10.8. The van der Waals surface area contributed by atoms with E-state index in [1.54, 1.807) is 53.3 Å². The molecule has 1 aromatic carbocycles. The minimum Gasteiger partial charge on any atom is -0.347 e. The van der Waals surface area contributed by atoms with Crippen LogP contribution in [0.4, 0.5) is 4.39 Å². The summed E-state index contributed by atoms with van der Waals surface area (Å²) >= 11 is 0. The van der Waals surface area contributed by atoms with E-state index < -0.39 is 5.66 Å². The molecule has 5 rings (SSSR count). The zero-order valence-corrected chi connectivity index (χ0v) is 21.4. The van der Waals surface area contributed by atoms with E-state index in [9.17, 15) is 18.8 Å². The van der Waals surface area contributed by atoms with E-state index in [1.807, 2.05) is 6.07 Å². The molecule has 3 amide bonds. The first-order chi connectivity index (χ1) is 16.8. The van der Waals surface area contributed by atoms with Crippen LogP contribution in [-0.2, 0) is 20.7 Å². The van der Waals surface area contributed by atoms with Gasteiger partial charge < -0.3 is 9.80 Å². The van der Waals surface area contributed by atoms with Gasteiger partial charge in [-0.05, 0) is 35.7 Å². The summed E-state index contributed by atoms with van der Waals surface area (Å²) in [6, 6.07) is 8.04. The van der Waals surface area contributed by atoms with Gasteiger partial charge in [0.05, 0.1) is 12.1 Å².